The fourth-order valence-electron chi connectivity index (χ4n) is 3.86. The van der Waals surface area contributed by atoms with Gasteiger partial charge in [-0.05, 0) is 53.6 Å². The Morgan fingerprint density at radius 2 is 2.00 bits per heavy atom. The number of amidine groups is 1. The SMILES string of the molecule is N=C(N)c1ccc2c(c1)C1c3ccccc3CC[C@H]1CN2. The third-order valence-electron chi connectivity index (χ3n) is 4.90. The monoisotopic (exact) mass is 277 g/mol. The molecule has 1 aliphatic heterocycles. The van der Waals surface area contributed by atoms with E-state index in [4.69, 9.17) is 11.1 Å². The number of nitrogen functional groups attached to an aromatic ring is 1. The number of nitrogens with two attached hydrogens (primary N) is 1. The molecule has 4 N–H and O–H groups in total. The standard InChI is InChI=1S/C18H19N3/c19-18(20)12-7-8-16-15(9-12)17-13(10-21-16)6-5-11-3-1-2-4-14(11)17/h1-4,7-9,13,17,21H,5-6,10H2,(H3,19,20)/t13-,17?/m0/s1. The molecule has 0 bridgehead atoms. The van der Waals surface area contributed by atoms with Crippen LogP contribution in [-0.4, -0.2) is 12.4 Å². The summed E-state index contributed by atoms with van der Waals surface area (Å²) in [4.78, 5) is 0. The lowest BCUT2D eigenvalue weighted by Crippen LogP contribution is -2.32. The van der Waals surface area contributed by atoms with Gasteiger partial charge in [-0.25, -0.2) is 0 Å². The number of hydrogen-bond acceptors (Lipinski definition) is 2. The molecule has 2 aromatic rings. The van der Waals surface area contributed by atoms with E-state index in [0.717, 1.165) is 12.1 Å². The molecule has 2 aliphatic rings. The normalized spacial score (nSPS) is 22.5. The van der Waals surface area contributed by atoms with Crippen molar-refractivity contribution >= 4 is 11.5 Å². The molecular formula is C18H19N3. The van der Waals surface area contributed by atoms with Gasteiger partial charge in [-0.1, -0.05) is 24.3 Å². The third-order valence-corrected chi connectivity index (χ3v) is 4.90. The van der Waals surface area contributed by atoms with Crippen LogP contribution in [0.1, 0.15) is 34.6 Å². The summed E-state index contributed by atoms with van der Waals surface area (Å²) in [5.74, 6) is 1.21. The maximum atomic E-state index is 7.69. The Hall–Kier alpha value is -2.29. The quantitative estimate of drug-likeness (QED) is 0.554. The third kappa shape index (κ3) is 1.92. The predicted octanol–water partition coefficient (Wildman–Crippen LogP) is 3.09. The first-order valence-electron chi connectivity index (χ1n) is 7.54. The van der Waals surface area contributed by atoms with Gasteiger partial charge in [-0.3, -0.25) is 5.41 Å². The van der Waals surface area contributed by atoms with Crippen molar-refractivity contribution < 1.29 is 0 Å². The maximum Gasteiger partial charge on any atom is 0.122 e. The first-order valence-corrected chi connectivity index (χ1v) is 7.54. The van der Waals surface area contributed by atoms with Crippen LogP contribution in [0, 0.1) is 11.3 Å². The van der Waals surface area contributed by atoms with E-state index >= 15 is 0 Å². The molecule has 21 heavy (non-hydrogen) atoms. The Morgan fingerprint density at radius 1 is 1.14 bits per heavy atom. The highest BCUT2D eigenvalue weighted by atomic mass is 14.9. The Labute approximate surface area is 124 Å². The van der Waals surface area contributed by atoms with Crippen LogP contribution in [0.5, 0.6) is 0 Å². The number of hydrogen-bond donors (Lipinski definition) is 3. The molecule has 1 aliphatic carbocycles. The number of fused-ring (bicyclic) bond motifs is 5. The second-order valence-corrected chi connectivity index (χ2v) is 6.07. The zero-order valence-corrected chi connectivity index (χ0v) is 11.9. The molecule has 1 heterocycles. The van der Waals surface area contributed by atoms with E-state index in [1.807, 2.05) is 6.07 Å². The molecule has 0 fully saturated rings. The van der Waals surface area contributed by atoms with Crippen molar-refractivity contribution in [1.29, 1.82) is 5.41 Å². The molecule has 0 saturated heterocycles. The molecule has 0 radical (unpaired) electrons. The minimum absolute atomic E-state index is 0.143. The van der Waals surface area contributed by atoms with Gasteiger partial charge in [0.2, 0.25) is 0 Å². The molecule has 3 heteroatoms. The number of benzene rings is 2. The summed E-state index contributed by atoms with van der Waals surface area (Å²) in [7, 11) is 0. The maximum absolute atomic E-state index is 7.69. The predicted molar refractivity (Wildman–Crippen MR) is 86.0 cm³/mol. The topological polar surface area (TPSA) is 61.9 Å². The lowest BCUT2D eigenvalue weighted by molar-refractivity contribution is 0.419. The van der Waals surface area contributed by atoms with Gasteiger partial charge in [0.05, 0.1) is 0 Å². The molecule has 0 spiro atoms. The van der Waals surface area contributed by atoms with Crippen molar-refractivity contribution in [2.75, 3.05) is 11.9 Å². The molecule has 2 atom stereocenters. The fraction of sp³-hybridized carbons (Fsp3) is 0.278. The van der Waals surface area contributed by atoms with Crippen LogP contribution >= 0.6 is 0 Å². The van der Waals surface area contributed by atoms with Crippen LogP contribution in [0.25, 0.3) is 0 Å². The van der Waals surface area contributed by atoms with Gasteiger partial charge in [0.25, 0.3) is 0 Å². The van der Waals surface area contributed by atoms with Crippen molar-refractivity contribution in [3.8, 4) is 0 Å². The summed E-state index contributed by atoms with van der Waals surface area (Å²) in [5.41, 5.74) is 11.9. The Balaban J connectivity index is 1.90. The first kappa shape index (κ1) is 12.5. The van der Waals surface area contributed by atoms with Crippen molar-refractivity contribution in [2.24, 2.45) is 11.7 Å². The zero-order chi connectivity index (χ0) is 14.4. The summed E-state index contributed by atoms with van der Waals surface area (Å²) in [6.07, 6.45) is 2.39. The second kappa shape index (κ2) is 4.62. The van der Waals surface area contributed by atoms with Crippen LogP contribution in [-0.2, 0) is 6.42 Å². The van der Waals surface area contributed by atoms with Crippen LogP contribution in [0.15, 0.2) is 42.5 Å². The Morgan fingerprint density at radius 3 is 2.86 bits per heavy atom. The zero-order valence-electron chi connectivity index (χ0n) is 11.9. The number of anilines is 1. The molecule has 1 unspecified atom stereocenters. The van der Waals surface area contributed by atoms with E-state index < -0.39 is 0 Å². The van der Waals surface area contributed by atoms with Gasteiger partial charge >= 0.3 is 0 Å². The average Bonchev–Trinajstić information content (AvgIpc) is 2.53. The highest BCUT2D eigenvalue weighted by Crippen LogP contribution is 2.46. The Bertz CT molecular complexity index is 720. The van der Waals surface area contributed by atoms with Crippen molar-refractivity contribution in [2.45, 2.75) is 18.8 Å². The van der Waals surface area contributed by atoms with E-state index in [2.05, 4.69) is 41.7 Å². The summed E-state index contributed by atoms with van der Waals surface area (Å²) < 4.78 is 0. The smallest absolute Gasteiger partial charge is 0.122 e. The number of rotatable bonds is 1. The molecule has 2 aromatic carbocycles. The summed E-state index contributed by atoms with van der Waals surface area (Å²) in [6, 6.07) is 14.9. The summed E-state index contributed by atoms with van der Waals surface area (Å²) in [6.45, 7) is 1.03. The van der Waals surface area contributed by atoms with Gasteiger partial charge < -0.3 is 11.1 Å². The second-order valence-electron chi connectivity index (χ2n) is 6.07. The molecule has 4 rings (SSSR count). The highest BCUT2D eigenvalue weighted by Gasteiger charge is 2.34. The van der Waals surface area contributed by atoms with Gasteiger partial charge in [0.1, 0.15) is 5.84 Å². The number of aryl methyl sites for hydroxylation is 1. The molecule has 3 nitrogen and oxygen atoms in total. The fourth-order valence-corrected chi connectivity index (χ4v) is 3.86. The molecule has 0 aromatic heterocycles. The first-order chi connectivity index (χ1) is 10.2. The molecular weight excluding hydrogens is 258 g/mol. The number of nitrogens with one attached hydrogen (secondary N) is 2. The minimum Gasteiger partial charge on any atom is -0.384 e. The van der Waals surface area contributed by atoms with Crippen LogP contribution in [0.2, 0.25) is 0 Å². The van der Waals surface area contributed by atoms with E-state index in [9.17, 15) is 0 Å². The summed E-state index contributed by atoms with van der Waals surface area (Å²) >= 11 is 0. The molecule has 0 saturated carbocycles. The highest BCUT2D eigenvalue weighted by molar-refractivity contribution is 5.95. The van der Waals surface area contributed by atoms with E-state index in [0.29, 0.717) is 11.8 Å². The molecule has 0 amide bonds. The van der Waals surface area contributed by atoms with Crippen molar-refractivity contribution in [3.05, 3.63) is 64.7 Å². The lowest BCUT2D eigenvalue weighted by atomic mass is 9.69. The largest absolute Gasteiger partial charge is 0.384 e. The van der Waals surface area contributed by atoms with Crippen LogP contribution < -0.4 is 11.1 Å². The van der Waals surface area contributed by atoms with Gasteiger partial charge in [-0.15, -0.1) is 0 Å². The van der Waals surface area contributed by atoms with E-state index in [-0.39, 0.29) is 5.84 Å². The lowest BCUT2D eigenvalue weighted by Gasteiger charge is -2.39. The van der Waals surface area contributed by atoms with Crippen LogP contribution in [0.4, 0.5) is 5.69 Å². The van der Waals surface area contributed by atoms with Gasteiger partial charge in [-0.2, -0.15) is 0 Å². The van der Waals surface area contributed by atoms with Gasteiger partial charge in [0, 0.05) is 23.7 Å². The van der Waals surface area contributed by atoms with E-state index in [1.165, 1.54) is 35.2 Å². The summed E-state index contributed by atoms with van der Waals surface area (Å²) in [5, 5.41) is 11.2. The minimum atomic E-state index is 0.143. The van der Waals surface area contributed by atoms with E-state index in [1.54, 1.807) is 0 Å². The van der Waals surface area contributed by atoms with Crippen molar-refractivity contribution in [1.82, 2.24) is 0 Å². The Kier molecular flexibility index (Phi) is 2.74. The average molecular weight is 277 g/mol. The van der Waals surface area contributed by atoms with Crippen molar-refractivity contribution in [3.63, 3.8) is 0 Å². The van der Waals surface area contributed by atoms with Crippen LogP contribution in [0.3, 0.4) is 0 Å². The molecule has 106 valence electrons. The van der Waals surface area contributed by atoms with Gasteiger partial charge in [0.15, 0.2) is 0 Å².